The summed E-state index contributed by atoms with van der Waals surface area (Å²) in [5.74, 6) is 0.0905. The van der Waals surface area contributed by atoms with Crippen molar-refractivity contribution in [3.05, 3.63) is 28.2 Å². The number of nitrogens with one attached hydrogen (secondary N) is 1. The summed E-state index contributed by atoms with van der Waals surface area (Å²) in [5.41, 5.74) is 7.62. The highest BCUT2D eigenvalue weighted by molar-refractivity contribution is 9.10. The summed E-state index contributed by atoms with van der Waals surface area (Å²) in [4.78, 5) is 12.2. The van der Waals surface area contributed by atoms with Gasteiger partial charge >= 0.3 is 0 Å². The fourth-order valence-corrected chi connectivity index (χ4v) is 2.94. The zero-order chi connectivity index (χ0) is 13.8. The number of amides is 1. The number of anilines is 1. The van der Waals surface area contributed by atoms with Gasteiger partial charge in [-0.1, -0.05) is 22.0 Å². The number of nitrogens with two attached hydrogens (primary N) is 1. The minimum atomic E-state index is 0. The van der Waals surface area contributed by atoms with E-state index >= 15 is 0 Å². The van der Waals surface area contributed by atoms with Crippen molar-refractivity contribution in [3.8, 4) is 0 Å². The van der Waals surface area contributed by atoms with Gasteiger partial charge in [0, 0.05) is 34.8 Å². The average Bonchev–Trinajstić information content (AvgIpc) is 2.80. The molecule has 20 heavy (non-hydrogen) atoms. The van der Waals surface area contributed by atoms with E-state index in [1.807, 2.05) is 18.2 Å². The van der Waals surface area contributed by atoms with E-state index in [4.69, 9.17) is 10.5 Å². The van der Waals surface area contributed by atoms with Crippen molar-refractivity contribution < 1.29 is 9.53 Å². The average molecular weight is 364 g/mol. The minimum Gasteiger partial charge on any atom is -0.380 e. The first-order chi connectivity index (χ1) is 9.11. The standard InChI is InChI=1S/C14H19BrN2O2.ClH/c1-19-8-11-12(15)3-2-4-13(11)17-14(18)9-5-6-10(16)7-9;/h2-4,9-10H,5-8,16H2,1H3,(H,17,18);1H. The molecule has 0 radical (unpaired) electrons. The van der Waals surface area contributed by atoms with Crippen LogP contribution >= 0.6 is 28.3 Å². The van der Waals surface area contributed by atoms with Gasteiger partial charge < -0.3 is 15.8 Å². The van der Waals surface area contributed by atoms with E-state index in [9.17, 15) is 4.79 Å². The van der Waals surface area contributed by atoms with E-state index in [1.165, 1.54) is 0 Å². The molecule has 1 amide bonds. The van der Waals surface area contributed by atoms with Crippen LogP contribution in [0.25, 0.3) is 0 Å². The topological polar surface area (TPSA) is 64.3 Å². The summed E-state index contributed by atoms with van der Waals surface area (Å²) in [5, 5.41) is 2.99. The lowest BCUT2D eigenvalue weighted by atomic mass is 10.1. The Morgan fingerprint density at radius 3 is 2.85 bits per heavy atom. The first-order valence-corrected chi connectivity index (χ1v) is 7.24. The molecular formula is C14H20BrClN2O2. The Kier molecular flexibility index (Phi) is 6.95. The molecule has 1 aliphatic carbocycles. The van der Waals surface area contributed by atoms with Crippen LogP contribution in [0.4, 0.5) is 5.69 Å². The normalized spacial score (nSPS) is 21.4. The SMILES string of the molecule is COCc1c(Br)cccc1NC(=O)C1CCC(N)C1.Cl. The van der Waals surface area contributed by atoms with Crippen molar-refractivity contribution in [2.45, 2.75) is 31.9 Å². The Hall–Kier alpha value is -0.620. The first kappa shape index (κ1) is 17.4. The van der Waals surface area contributed by atoms with Crippen LogP contribution < -0.4 is 11.1 Å². The summed E-state index contributed by atoms with van der Waals surface area (Å²) in [6, 6.07) is 5.90. The van der Waals surface area contributed by atoms with Crippen molar-refractivity contribution in [2.24, 2.45) is 11.7 Å². The molecular weight excluding hydrogens is 344 g/mol. The van der Waals surface area contributed by atoms with Gasteiger partial charge in [-0.3, -0.25) is 4.79 Å². The lowest BCUT2D eigenvalue weighted by Gasteiger charge is -2.15. The molecule has 1 aromatic carbocycles. The molecule has 0 spiro atoms. The molecule has 0 aliphatic heterocycles. The zero-order valence-electron chi connectivity index (χ0n) is 11.4. The molecule has 2 rings (SSSR count). The summed E-state index contributed by atoms with van der Waals surface area (Å²) in [6.45, 7) is 0.460. The molecule has 3 N–H and O–H groups in total. The molecule has 1 aromatic rings. The Bertz CT molecular complexity index is 470. The van der Waals surface area contributed by atoms with Crippen molar-refractivity contribution in [1.82, 2.24) is 0 Å². The van der Waals surface area contributed by atoms with Gasteiger partial charge in [0.05, 0.1) is 6.61 Å². The van der Waals surface area contributed by atoms with Crippen LogP contribution in [0, 0.1) is 5.92 Å². The summed E-state index contributed by atoms with van der Waals surface area (Å²) >= 11 is 3.48. The molecule has 4 nitrogen and oxygen atoms in total. The van der Waals surface area contributed by atoms with E-state index in [2.05, 4.69) is 21.2 Å². The highest BCUT2D eigenvalue weighted by atomic mass is 79.9. The summed E-state index contributed by atoms with van der Waals surface area (Å²) < 4.78 is 6.11. The van der Waals surface area contributed by atoms with Crippen molar-refractivity contribution >= 4 is 39.9 Å². The van der Waals surface area contributed by atoms with Gasteiger partial charge in [0.1, 0.15) is 0 Å². The molecule has 0 heterocycles. The smallest absolute Gasteiger partial charge is 0.227 e. The third-order valence-electron chi connectivity index (χ3n) is 3.51. The highest BCUT2D eigenvalue weighted by Gasteiger charge is 2.28. The molecule has 2 unspecified atom stereocenters. The van der Waals surface area contributed by atoms with Gasteiger partial charge in [-0.25, -0.2) is 0 Å². The second-order valence-corrected chi connectivity index (χ2v) is 5.81. The van der Waals surface area contributed by atoms with Crippen molar-refractivity contribution in [2.75, 3.05) is 12.4 Å². The van der Waals surface area contributed by atoms with Crippen LogP contribution in [0.15, 0.2) is 22.7 Å². The lowest BCUT2D eigenvalue weighted by Crippen LogP contribution is -2.23. The largest absolute Gasteiger partial charge is 0.380 e. The third kappa shape index (κ3) is 4.19. The monoisotopic (exact) mass is 362 g/mol. The fourth-order valence-electron chi connectivity index (χ4n) is 2.46. The molecule has 0 aromatic heterocycles. The molecule has 2 atom stereocenters. The molecule has 0 bridgehead atoms. The van der Waals surface area contributed by atoms with Crippen LogP contribution in [0.5, 0.6) is 0 Å². The Balaban J connectivity index is 0.00000200. The van der Waals surface area contributed by atoms with Gasteiger partial charge in [0.25, 0.3) is 0 Å². The molecule has 6 heteroatoms. The molecule has 0 saturated heterocycles. The van der Waals surface area contributed by atoms with Gasteiger partial charge in [-0.05, 0) is 31.4 Å². The van der Waals surface area contributed by atoms with Crippen LogP contribution in [-0.4, -0.2) is 19.1 Å². The van der Waals surface area contributed by atoms with E-state index < -0.39 is 0 Å². The summed E-state index contributed by atoms with van der Waals surface area (Å²) in [7, 11) is 1.64. The van der Waals surface area contributed by atoms with Gasteiger partial charge in [-0.15, -0.1) is 12.4 Å². The summed E-state index contributed by atoms with van der Waals surface area (Å²) in [6.07, 6.45) is 2.58. The number of carbonyl (C=O) groups excluding carboxylic acids is 1. The van der Waals surface area contributed by atoms with Crippen molar-refractivity contribution in [3.63, 3.8) is 0 Å². The molecule has 1 aliphatic rings. The van der Waals surface area contributed by atoms with Gasteiger partial charge in [0.15, 0.2) is 0 Å². The highest BCUT2D eigenvalue weighted by Crippen LogP contribution is 2.29. The van der Waals surface area contributed by atoms with Gasteiger partial charge in [-0.2, -0.15) is 0 Å². The predicted molar refractivity (Wildman–Crippen MR) is 86.0 cm³/mol. The first-order valence-electron chi connectivity index (χ1n) is 6.44. The van der Waals surface area contributed by atoms with Gasteiger partial charge in [0.2, 0.25) is 5.91 Å². The molecule has 112 valence electrons. The lowest BCUT2D eigenvalue weighted by molar-refractivity contribution is -0.119. The number of carbonyl (C=O) groups is 1. The maximum absolute atomic E-state index is 12.2. The zero-order valence-corrected chi connectivity index (χ0v) is 13.8. The minimum absolute atomic E-state index is 0. The Morgan fingerprint density at radius 2 is 2.25 bits per heavy atom. The predicted octanol–water partition coefficient (Wildman–Crippen LogP) is 3.08. The van der Waals surface area contributed by atoms with Crippen LogP contribution in [0.2, 0.25) is 0 Å². The van der Waals surface area contributed by atoms with E-state index in [0.29, 0.717) is 6.61 Å². The van der Waals surface area contributed by atoms with Crippen LogP contribution in [0.1, 0.15) is 24.8 Å². The number of methoxy groups -OCH3 is 1. The van der Waals surface area contributed by atoms with E-state index in [0.717, 1.165) is 35.0 Å². The Morgan fingerprint density at radius 1 is 1.50 bits per heavy atom. The second kappa shape index (κ2) is 7.98. The number of benzene rings is 1. The number of halogens is 2. The maximum atomic E-state index is 12.2. The molecule has 1 saturated carbocycles. The van der Waals surface area contributed by atoms with Crippen molar-refractivity contribution in [1.29, 1.82) is 0 Å². The fraction of sp³-hybridized carbons (Fsp3) is 0.500. The second-order valence-electron chi connectivity index (χ2n) is 4.96. The Labute approximate surface area is 134 Å². The number of rotatable bonds is 4. The van der Waals surface area contributed by atoms with Crippen LogP contribution in [0.3, 0.4) is 0 Å². The maximum Gasteiger partial charge on any atom is 0.227 e. The quantitative estimate of drug-likeness (QED) is 0.864. The third-order valence-corrected chi connectivity index (χ3v) is 4.25. The number of hydrogen-bond donors (Lipinski definition) is 2. The number of ether oxygens (including phenoxy) is 1. The van der Waals surface area contributed by atoms with Crippen LogP contribution in [-0.2, 0) is 16.1 Å². The molecule has 1 fully saturated rings. The van der Waals surface area contributed by atoms with E-state index in [-0.39, 0.29) is 30.3 Å². The number of hydrogen-bond acceptors (Lipinski definition) is 3. The van der Waals surface area contributed by atoms with E-state index in [1.54, 1.807) is 7.11 Å².